The van der Waals surface area contributed by atoms with Gasteiger partial charge >= 0.3 is 5.97 Å². The molecule has 4 aliphatic rings. The summed E-state index contributed by atoms with van der Waals surface area (Å²) in [6, 6.07) is 0. The highest BCUT2D eigenvalue weighted by Crippen LogP contribution is 2.70. The maximum absolute atomic E-state index is 16.0. The van der Waals surface area contributed by atoms with E-state index in [9.17, 15) is 14.7 Å². The smallest absolute Gasteiger partial charge is 0.303 e. The molecule has 0 aromatic carbocycles. The van der Waals surface area contributed by atoms with E-state index in [-0.39, 0.29) is 23.0 Å². The lowest BCUT2D eigenvalue weighted by Crippen LogP contribution is -2.63. The molecule has 0 saturated heterocycles. The minimum atomic E-state index is -2.88. The lowest BCUT2D eigenvalue weighted by molar-refractivity contribution is -0.234. The molecule has 35 heavy (non-hydrogen) atoms. The number of fused-ring (bicyclic) bond motifs is 5. The molecule has 0 heterocycles. The van der Waals surface area contributed by atoms with Gasteiger partial charge in [0.05, 0.1) is 5.60 Å². The average Bonchev–Trinajstić information content (AvgIpc) is 3.08. The molecule has 0 unspecified atom stereocenters. The van der Waals surface area contributed by atoms with Crippen molar-refractivity contribution in [2.45, 2.75) is 123 Å². The number of halogens is 2. The van der Waals surface area contributed by atoms with Gasteiger partial charge in [0.25, 0.3) is 5.92 Å². The first-order valence-electron chi connectivity index (χ1n) is 13.9. The van der Waals surface area contributed by atoms with Gasteiger partial charge in [0.2, 0.25) is 0 Å². The van der Waals surface area contributed by atoms with E-state index in [2.05, 4.69) is 20.8 Å². The molecule has 0 aliphatic heterocycles. The second-order valence-corrected chi connectivity index (χ2v) is 13.7. The van der Waals surface area contributed by atoms with Crippen LogP contribution in [0, 0.1) is 46.3 Å². The van der Waals surface area contributed by atoms with Crippen molar-refractivity contribution in [1.82, 2.24) is 0 Å². The highest BCUT2D eigenvalue weighted by Gasteiger charge is 2.69. The highest BCUT2D eigenvalue weighted by atomic mass is 19.3. The fourth-order valence-electron chi connectivity index (χ4n) is 9.31. The molecule has 4 saturated carbocycles. The van der Waals surface area contributed by atoms with Crippen LogP contribution >= 0.6 is 0 Å². The predicted molar refractivity (Wildman–Crippen MR) is 131 cm³/mol. The number of ether oxygens (including phenoxy) is 1. The lowest BCUT2D eigenvalue weighted by atomic mass is 9.43. The van der Waals surface area contributed by atoms with E-state index >= 15 is 8.78 Å². The van der Waals surface area contributed by atoms with E-state index in [0.29, 0.717) is 24.7 Å². The topological polar surface area (TPSA) is 63.6 Å². The Kier molecular flexibility index (Phi) is 6.99. The van der Waals surface area contributed by atoms with Crippen molar-refractivity contribution in [3.8, 4) is 0 Å². The van der Waals surface area contributed by atoms with Crippen LogP contribution in [0.25, 0.3) is 0 Å². The molecular weight excluding hydrogens is 450 g/mol. The molecule has 4 nitrogen and oxygen atoms in total. The summed E-state index contributed by atoms with van der Waals surface area (Å²) in [7, 11) is 0. The second kappa shape index (κ2) is 9.06. The molecule has 0 aromatic heterocycles. The van der Waals surface area contributed by atoms with E-state index in [1.807, 2.05) is 13.8 Å². The van der Waals surface area contributed by atoms with Crippen molar-refractivity contribution >= 4 is 11.8 Å². The monoisotopic (exact) mass is 496 g/mol. The van der Waals surface area contributed by atoms with Gasteiger partial charge in [-0.05, 0) is 93.3 Å². The van der Waals surface area contributed by atoms with E-state index in [1.165, 1.54) is 6.92 Å². The zero-order valence-corrected chi connectivity index (χ0v) is 22.5. The molecule has 0 bridgehead atoms. The number of alkyl halides is 2. The predicted octanol–water partition coefficient (Wildman–Crippen LogP) is 6.58. The molecule has 1 N–H and O–H groups in total. The number of carbonyl (C=O) groups excluding carboxylic acids is 2. The maximum Gasteiger partial charge on any atom is 0.303 e. The highest BCUT2D eigenvalue weighted by molar-refractivity contribution is 5.89. The molecule has 6 heteroatoms. The van der Waals surface area contributed by atoms with Crippen LogP contribution in [-0.2, 0) is 14.3 Å². The Balaban J connectivity index is 1.55. The summed E-state index contributed by atoms with van der Waals surface area (Å²) in [5, 5.41) is 10.1. The van der Waals surface area contributed by atoms with Crippen LogP contribution < -0.4 is 0 Å². The Morgan fingerprint density at radius 3 is 2.37 bits per heavy atom. The zero-order valence-electron chi connectivity index (χ0n) is 22.5. The summed E-state index contributed by atoms with van der Waals surface area (Å²) in [6.45, 7) is 11.6. The fraction of sp³-hybridized carbons (Fsp3) is 0.931. The van der Waals surface area contributed by atoms with Crippen molar-refractivity contribution in [3.05, 3.63) is 0 Å². The van der Waals surface area contributed by atoms with Crippen LogP contribution in [0.15, 0.2) is 0 Å². The SMILES string of the molecule is CC(=O)O[C@H]1CC[C@@]2(C)[C@@H](CC(F)(F)[C@@H]3[C@@H]2CC[C@]2(C)[C@@H]([C@H](C)CCCC(C)(C)O)CC[C@@H]32)C1=O. The summed E-state index contributed by atoms with van der Waals surface area (Å²) in [5.74, 6) is -4.40. The van der Waals surface area contributed by atoms with Gasteiger partial charge in [0, 0.05) is 25.2 Å². The molecule has 4 aliphatic carbocycles. The summed E-state index contributed by atoms with van der Waals surface area (Å²) >= 11 is 0. The number of carbonyl (C=O) groups is 2. The first kappa shape index (κ1) is 27.0. The van der Waals surface area contributed by atoms with Crippen molar-refractivity contribution in [2.24, 2.45) is 46.3 Å². The number of aliphatic hydroxyl groups is 1. The van der Waals surface area contributed by atoms with Gasteiger partial charge in [-0.1, -0.05) is 33.6 Å². The molecule has 200 valence electrons. The van der Waals surface area contributed by atoms with Crippen LogP contribution in [-0.4, -0.2) is 34.5 Å². The molecule has 0 radical (unpaired) electrons. The van der Waals surface area contributed by atoms with Gasteiger partial charge in [-0.2, -0.15) is 0 Å². The van der Waals surface area contributed by atoms with Crippen molar-refractivity contribution in [1.29, 1.82) is 0 Å². The van der Waals surface area contributed by atoms with Crippen molar-refractivity contribution < 1.29 is 28.2 Å². The lowest BCUT2D eigenvalue weighted by Gasteiger charge is -2.62. The molecule has 4 fully saturated rings. The normalized spacial score (nSPS) is 43.6. The van der Waals surface area contributed by atoms with Gasteiger partial charge in [-0.15, -0.1) is 0 Å². The Morgan fingerprint density at radius 1 is 1.11 bits per heavy atom. The first-order valence-corrected chi connectivity index (χ1v) is 13.9. The number of Topliss-reactive ketones (excluding diaryl/α,β-unsaturated/α-hetero) is 1. The third-order valence-electron chi connectivity index (χ3n) is 11.0. The summed E-state index contributed by atoms with van der Waals surface area (Å²) in [6.07, 6.45) is 6.11. The Morgan fingerprint density at radius 2 is 1.74 bits per heavy atom. The van der Waals surface area contributed by atoms with E-state index < -0.39 is 47.3 Å². The molecule has 0 spiro atoms. The third-order valence-corrected chi connectivity index (χ3v) is 11.0. The van der Waals surface area contributed by atoms with Crippen LogP contribution in [0.4, 0.5) is 8.78 Å². The van der Waals surface area contributed by atoms with Crippen molar-refractivity contribution in [2.75, 3.05) is 0 Å². The number of ketones is 1. The minimum absolute atomic E-state index is 0.0166. The fourth-order valence-corrected chi connectivity index (χ4v) is 9.31. The van der Waals surface area contributed by atoms with Crippen LogP contribution in [0.3, 0.4) is 0 Å². The summed E-state index contributed by atoms with van der Waals surface area (Å²) in [5.41, 5.74) is -1.21. The number of esters is 1. The Bertz CT molecular complexity index is 835. The molecule has 9 atom stereocenters. The van der Waals surface area contributed by atoms with E-state index in [1.54, 1.807) is 0 Å². The summed E-state index contributed by atoms with van der Waals surface area (Å²) < 4.78 is 37.3. The average molecular weight is 497 g/mol. The largest absolute Gasteiger partial charge is 0.455 e. The van der Waals surface area contributed by atoms with E-state index in [0.717, 1.165) is 44.9 Å². The maximum atomic E-state index is 16.0. The zero-order chi connectivity index (χ0) is 26.0. The molecule has 0 aromatic rings. The third kappa shape index (κ3) is 4.70. The van der Waals surface area contributed by atoms with Crippen molar-refractivity contribution in [3.63, 3.8) is 0 Å². The first-order chi connectivity index (χ1) is 16.1. The van der Waals surface area contributed by atoms with E-state index in [4.69, 9.17) is 4.74 Å². The van der Waals surface area contributed by atoms with Gasteiger partial charge in [0.15, 0.2) is 11.9 Å². The minimum Gasteiger partial charge on any atom is -0.455 e. The molecule has 4 rings (SSSR count). The van der Waals surface area contributed by atoms with Crippen LogP contribution in [0.2, 0.25) is 0 Å². The number of hydrogen-bond acceptors (Lipinski definition) is 4. The van der Waals surface area contributed by atoms with Gasteiger partial charge < -0.3 is 9.84 Å². The molecule has 0 amide bonds. The van der Waals surface area contributed by atoms with Crippen LogP contribution in [0.1, 0.15) is 106 Å². The van der Waals surface area contributed by atoms with Crippen LogP contribution in [0.5, 0.6) is 0 Å². The van der Waals surface area contributed by atoms with Gasteiger partial charge in [-0.25, -0.2) is 8.78 Å². The van der Waals surface area contributed by atoms with Gasteiger partial charge in [0.1, 0.15) is 0 Å². The Labute approximate surface area is 209 Å². The quantitative estimate of drug-likeness (QED) is 0.422. The molecular formula is C29H46F2O4. The number of hydrogen-bond donors (Lipinski definition) is 1. The second-order valence-electron chi connectivity index (χ2n) is 13.7. The van der Waals surface area contributed by atoms with Gasteiger partial charge in [-0.3, -0.25) is 9.59 Å². The standard InChI is InChI=1S/C29H46F2O4/c1-17(8-7-13-26(3,4)34)19-9-10-20-24-21(11-14-27(19,20)5)28(6)15-12-23(35-18(2)32)25(33)22(28)16-29(24,30)31/h17,19-24,34H,7-16H2,1-6H3/t17-,19-,20+,21+,22+,23+,24+,27-,28-/m1/s1. The number of rotatable bonds is 6. The Hall–Kier alpha value is -1.04. The summed E-state index contributed by atoms with van der Waals surface area (Å²) in [4.78, 5) is 24.7.